The van der Waals surface area contributed by atoms with Crippen molar-refractivity contribution >= 4 is 11.0 Å². The Bertz CT molecular complexity index is 1330. The van der Waals surface area contributed by atoms with Gasteiger partial charge in [0.2, 0.25) is 24.3 Å². The fraction of sp³-hybridized carbons (Fsp3) is 0.375. The Kier molecular flexibility index (Phi) is 6.36. The van der Waals surface area contributed by atoms with Crippen LogP contribution in [0.3, 0.4) is 0 Å². The molecule has 192 valence electrons. The van der Waals surface area contributed by atoms with Crippen LogP contribution in [-0.4, -0.2) is 78.8 Å². The quantitative estimate of drug-likeness (QED) is 0.365. The van der Waals surface area contributed by atoms with Gasteiger partial charge < -0.3 is 53.3 Å². The van der Waals surface area contributed by atoms with E-state index >= 15 is 0 Å². The van der Waals surface area contributed by atoms with Crippen LogP contribution in [0.5, 0.6) is 28.7 Å². The first kappa shape index (κ1) is 24.2. The zero-order valence-corrected chi connectivity index (χ0v) is 19.2. The first-order valence-corrected chi connectivity index (χ1v) is 11.0. The summed E-state index contributed by atoms with van der Waals surface area (Å²) in [5.41, 5.74) is 0.524. The molecule has 1 fully saturated rings. The highest BCUT2D eigenvalue weighted by molar-refractivity contribution is 5.92. The second-order valence-corrected chi connectivity index (χ2v) is 8.18. The maximum absolute atomic E-state index is 13.5. The average molecular weight is 504 g/mol. The summed E-state index contributed by atoms with van der Waals surface area (Å²) in [5, 5.41) is 39.8. The molecule has 3 heterocycles. The molecular formula is C24H24O12. The number of hydrogen-bond acceptors (Lipinski definition) is 12. The molecule has 0 radical (unpaired) electrons. The van der Waals surface area contributed by atoms with Gasteiger partial charge in [0.25, 0.3) is 0 Å². The Morgan fingerprint density at radius 3 is 2.53 bits per heavy atom. The second-order valence-electron chi connectivity index (χ2n) is 8.18. The predicted octanol–water partition coefficient (Wildman–Crippen LogP) is 0.385. The Hall–Kier alpha value is -3.55. The summed E-state index contributed by atoms with van der Waals surface area (Å²) in [5.74, 6) is 1.23. The molecule has 4 N–H and O–H groups in total. The van der Waals surface area contributed by atoms with Crippen LogP contribution < -0.4 is 29.1 Å². The number of ether oxygens (including phenoxy) is 6. The first-order valence-electron chi connectivity index (χ1n) is 11.0. The molecule has 0 spiro atoms. The molecule has 1 aromatic heterocycles. The molecule has 2 aliphatic heterocycles. The summed E-state index contributed by atoms with van der Waals surface area (Å²) in [6.07, 6.45) is -5.94. The second kappa shape index (κ2) is 9.48. The van der Waals surface area contributed by atoms with Gasteiger partial charge in [0.05, 0.1) is 26.4 Å². The minimum absolute atomic E-state index is 0.00380. The molecular weight excluding hydrogens is 480 g/mol. The van der Waals surface area contributed by atoms with E-state index in [4.69, 9.17) is 32.8 Å². The Morgan fingerprint density at radius 1 is 1.00 bits per heavy atom. The zero-order valence-electron chi connectivity index (χ0n) is 19.2. The Morgan fingerprint density at radius 2 is 1.81 bits per heavy atom. The number of benzene rings is 2. The monoisotopic (exact) mass is 504 g/mol. The largest absolute Gasteiger partial charge is 0.493 e. The van der Waals surface area contributed by atoms with E-state index < -0.39 is 37.3 Å². The van der Waals surface area contributed by atoms with Crippen molar-refractivity contribution in [3.8, 4) is 39.9 Å². The molecule has 2 aliphatic rings. The van der Waals surface area contributed by atoms with Crippen molar-refractivity contribution in [3.63, 3.8) is 0 Å². The van der Waals surface area contributed by atoms with Crippen molar-refractivity contribution in [2.75, 3.05) is 27.6 Å². The minimum atomic E-state index is -1.60. The number of fused-ring (bicyclic) bond motifs is 2. The molecule has 0 bridgehead atoms. The SMILES string of the molecule is COc1cc(-c2coc3cc4c(c(OC)c3c2=O)OCO4)ccc1O[C@@H]1O[C@H](CO)[C@@H](O)[C@H](O)[C@@H]1O. The molecule has 3 aromatic rings. The van der Waals surface area contributed by atoms with Gasteiger partial charge in [-0.05, 0) is 17.7 Å². The summed E-state index contributed by atoms with van der Waals surface area (Å²) in [6, 6.07) is 6.13. The number of hydrogen-bond donors (Lipinski definition) is 4. The van der Waals surface area contributed by atoms with E-state index in [1.165, 1.54) is 32.6 Å². The van der Waals surface area contributed by atoms with Crippen LogP contribution in [0.15, 0.2) is 39.7 Å². The number of rotatable bonds is 6. The van der Waals surface area contributed by atoms with Crippen LogP contribution in [0.2, 0.25) is 0 Å². The predicted molar refractivity (Wildman–Crippen MR) is 122 cm³/mol. The maximum atomic E-state index is 13.5. The first-order chi connectivity index (χ1) is 17.4. The lowest BCUT2D eigenvalue weighted by Gasteiger charge is -2.39. The third-order valence-corrected chi connectivity index (χ3v) is 6.13. The van der Waals surface area contributed by atoms with E-state index in [1.807, 2.05) is 0 Å². The van der Waals surface area contributed by atoms with E-state index in [0.29, 0.717) is 17.1 Å². The van der Waals surface area contributed by atoms with Crippen LogP contribution in [0.25, 0.3) is 22.1 Å². The lowest BCUT2D eigenvalue weighted by Crippen LogP contribution is -2.60. The van der Waals surface area contributed by atoms with Crippen LogP contribution >= 0.6 is 0 Å². The van der Waals surface area contributed by atoms with Crippen molar-refractivity contribution in [1.82, 2.24) is 0 Å². The van der Waals surface area contributed by atoms with Crippen LogP contribution in [0, 0.1) is 0 Å². The molecule has 0 saturated carbocycles. The van der Waals surface area contributed by atoms with E-state index in [9.17, 15) is 25.2 Å². The van der Waals surface area contributed by atoms with Gasteiger partial charge in [0, 0.05) is 6.07 Å². The van der Waals surface area contributed by atoms with Crippen molar-refractivity contribution in [3.05, 3.63) is 40.8 Å². The van der Waals surface area contributed by atoms with Gasteiger partial charge in [-0.3, -0.25) is 4.79 Å². The minimum Gasteiger partial charge on any atom is -0.493 e. The molecule has 5 atom stereocenters. The van der Waals surface area contributed by atoms with E-state index in [1.54, 1.807) is 12.1 Å². The summed E-state index contributed by atoms with van der Waals surface area (Å²) < 4.78 is 38.4. The lowest BCUT2D eigenvalue weighted by atomic mass is 9.99. The van der Waals surface area contributed by atoms with Crippen molar-refractivity contribution in [1.29, 1.82) is 0 Å². The standard InChI is InChI=1S/C24H24O12/c1-30-13-5-10(3-4-12(13)35-24-21(29)20(28)19(27)16(7-25)36-24)11-8-32-14-6-15-22(34-9-33-15)23(31-2)17(14)18(11)26/h3-6,8,16,19-21,24-25,27-29H,7,9H2,1-2H3/t16-,19-,20+,21+,24-/m1/s1. The van der Waals surface area contributed by atoms with E-state index in [2.05, 4.69) is 0 Å². The number of aliphatic hydroxyl groups is 4. The molecule has 2 aromatic carbocycles. The highest BCUT2D eigenvalue weighted by atomic mass is 16.7. The lowest BCUT2D eigenvalue weighted by molar-refractivity contribution is -0.277. The van der Waals surface area contributed by atoms with Gasteiger partial charge in [0.1, 0.15) is 41.6 Å². The van der Waals surface area contributed by atoms with Crippen LogP contribution in [-0.2, 0) is 4.74 Å². The topological polar surface area (TPSA) is 167 Å². The van der Waals surface area contributed by atoms with Gasteiger partial charge in [-0.25, -0.2) is 0 Å². The summed E-state index contributed by atoms with van der Waals surface area (Å²) in [4.78, 5) is 13.5. The summed E-state index contributed by atoms with van der Waals surface area (Å²) in [7, 11) is 2.79. The normalized spacial score (nSPS) is 25.1. The maximum Gasteiger partial charge on any atom is 0.231 e. The fourth-order valence-electron chi connectivity index (χ4n) is 4.22. The van der Waals surface area contributed by atoms with E-state index in [-0.39, 0.29) is 46.0 Å². The van der Waals surface area contributed by atoms with Crippen molar-refractivity contribution < 1.29 is 53.3 Å². The Balaban J connectivity index is 1.51. The molecule has 36 heavy (non-hydrogen) atoms. The van der Waals surface area contributed by atoms with Crippen LogP contribution in [0.1, 0.15) is 0 Å². The third-order valence-electron chi connectivity index (χ3n) is 6.13. The molecule has 0 unspecified atom stereocenters. The summed E-state index contributed by atoms with van der Waals surface area (Å²) >= 11 is 0. The van der Waals surface area contributed by atoms with Crippen molar-refractivity contribution in [2.24, 2.45) is 0 Å². The molecule has 5 rings (SSSR count). The van der Waals surface area contributed by atoms with Gasteiger partial charge >= 0.3 is 0 Å². The molecule has 0 amide bonds. The number of aliphatic hydroxyl groups excluding tert-OH is 4. The summed E-state index contributed by atoms with van der Waals surface area (Å²) in [6.45, 7) is -0.599. The molecule has 1 saturated heterocycles. The zero-order chi connectivity index (χ0) is 25.6. The van der Waals surface area contributed by atoms with E-state index in [0.717, 1.165) is 0 Å². The van der Waals surface area contributed by atoms with Gasteiger partial charge in [-0.15, -0.1) is 0 Å². The van der Waals surface area contributed by atoms with Crippen LogP contribution in [0.4, 0.5) is 0 Å². The fourth-order valence-corrected chi connectivity index (χ4v) is 4.22. The number of methoxy groups -OCH3 is 2. The molecule has 12 heteroatoms. The van der Waals surface area contributed by atoms with Gasteiger partial charge in [-0.1, -0.05) is 6.07 Å². The van der Waals surface area contributed by atoms with Gasteiger partial charge in [-0.2, -0.15) is 0 Å². The Labute approximate surface area is 203 Å². The highest BCUT2D eigenvalue weighted by Crippen LogP contribution is 2.45. The molecule has 0 aliphatic carbocycles. The highest BCUT2D eigenvalue weighted by Gasteiger charge is 2.45. The van der Waals surface area contributed by atoms with Crippen molar-refractivity contribution in [2.45, 2.75) is 30.7 Å². The average Bonchev–Trinajstić information content (AvgIpc) is 3.36. The smallest absolute Gasteiger partial charge is 0.231 e. The van der Waals surface area contributed by atoms with Gasteiger partial charge in [0.15, 0.2) is 23.0 Å². The third kappa shape index (κ3) is 3.88. The molecule has 12 nitrogen and oxygen atoms in total.